The first-order valence-corrected chi connectivity index (χ1v) is 5.92. The Morgan fingerprint density at radius 3 is 2.79 bits per heavy atom. The van der Waals surface area contributed by atoms with E-state index in [2.05, 4.69) is 4.98 Å². The molecule has 0 fully saturated rings. The molecule has 3 aromatic rings. The first kappa shape index (κ1) is 11.5. The molecule has 19 heavy (non-hydrogen) atoms. The number of carboxylic acid groups (broad SMARTS) is 1. The molecule has 2 aromatic heterocycles. The highest BCUT2D eigenvalue weighted by atomic mass is 16.4. The number of benzene rings is 1. The first-order chi connectivity index (χ1) is 9.15. The summed E-state index contributed by atoms with van der Waals surface area (Å²) < 4.78 is 1.91. The summed E-state index contributed by atoms with van der Waals surface area (Å²) in [5, 5.41) is 9.16. The van der Waals surface area contributed by atoms with Crippen molar-refractivity contribution in [1.82, 2.24) is 9.38 Å². The average Bonchev–Trinajstić information content (AvgIpc) is 2.86. The van der Waals surface area contributed by atoms with Gasteiger partial charge in [0.2, 0.25) is 0 Å². The molecule has 4 heteroatoms. The molecule has 2 heterocycles. The van der Waals surface area contributed by atoms with E-state index >= 15 is 0 Å². The van der Waals surface area contributed by atoms with E-state index in [1.165, 1.54) is 0 Å². The SMILES string of the molecule is Cc1ccc(-c2ccc3nccn3c2)cc1C(=O)O. The van der Waals surface area contributed by atoms with Crippen LogP contribution >= 0.6 is 0 Å². The monoisotopic (exact) mass is 252 g/mol. The summed E-state index contributed by atoms with van der Waals surface area (Å²) in [7, 11) is 0. The smallest absolute Gasteiger partial charge is 0.335 e. The predicted molar refractivity (Wildman–Crippen MR) is 72.3 cm³/mol. The topological polar surface area (TPSA) is 54.6 Å². The number of aromatic nitrogens is 2. The van der Waals surface area contributed by atoms with Crippen molar-refractivity contribution in [2.24, 2.45) is 0 Å². The van der Waals surface area contributed by atoms with Gasteiger partial charge >= 0.3 is 5.97 Å². The van der Waals surface area contributed by atoms with Gasteiger partial charge in [-0.25, -0.2) is 9.78 Å². The van der Waals surface area contributed by atoms with Gasteiger partial charge in [0.05, 0.1) is 5.56 Å². The number of pyridine rings is 1. The van der Waals surface area contributed by atoms with Gasteiger partial charge < -0.3 is 9.51 Å². The maximum absolute atomic E-state index is 11.2. The van der Waals surface area contributed by atoms with Crippen molar-refractivity contribution in [2.45, 2.75) is 6.92 Å². The second-order valence-corrected chi connectivity index (χ2v) is 4.45. The molecule has 0 bridgehead atoms. The fourth-order valence-electron chi connectivity index (χ4n) is 2.12. The Kier molecular flexibility index (Phi) is 2.56. The number of carbonyl (C=O) groups is 1. The number of rotatable bonds is 2. The lowest BCUT2D eigenvalue weighted by Gasteiger charge is -2.06. The first-order valence-electron chi connectivity index (χ1n) is 5.92. The van der Waals surface area contributed by atoms with Crippen molar-refractivity contribution in [3.05, 3.63) is 60.0 Å². The van der Waals surface area contributed by atoms with E-state index in [-0.39, 0.29) is 0 Å². The van der Waals surface area contributed by atoms with Gasteiger partial charge in [0.15, 0.2) is 0 Å². The zero-order chi connectivity index (χ0) is 13.4. The molecule has 0 radical (unpaired) electrons. The average molecular weight is 252 g/mol. The minimum atomic E-state index is -0.900. The number of hydrogen-bond acceptors (Lipinski definition) is 2. The minimum absolute atomic E-state index is 0.336. The molecule has 0 unspecified atom stereocenters. The Bertz CT molecular complexity index is 775. The third-order valence-corrected chi connectivity index (χ3v) is 3.19. The highest BCUT2D eigenvalue weighted by Gasteiger charge is 2.09. The van der Waals surface area contributed by atoms with E-state index in [1.807, 2.05) is 41.1 Å². The van der Waals surface area contributed by atoms with Crippen molar-refractivity contribution in [3.63, 3.8) is 0 Å². The molecule has 1 aromatic carbocycles. The molecule has 0 aliphatic carbocycles. The van der Waals surface area contributed by atoms with Crippen LogP contribution in [0, 0.1) is 6.92 Å². The van der Waals surface area contributed by atoms with Crippen LogP contribution in [0.25, 0.3) is 16.8 Å². The summed E-state index contributed by atoms with van der Waals surface area (Å²) in [5.41, 5.74) is 3.82. The van der Waals surface area contributed by atoms with Crippen LogP contribution in [0.4, 0.5) is 0 Å². The maximum atomic E-state index is 11.2. The van der Waals surface area contributed by atoms with Crippen molar-refractivity contribution in [2.75, 3.05) is 0 Å². The molecular weight excluding hydrogens is 240 g/mol. The zero-order valence-corrected chi connectivity index (χ0v) is 10.4. The molecule has 3 rings (SSSR count). The molecule has 0 aliphatic heterocycles. The fourth-order valence-corrected chi connectivity index (χ4v) is 2.12. The summed E-state index contributed by atoms with van der Waals surface area (Å²) in [6.07, 6.45) is 5.54. The van der Waals surface area contributed by atoms with Crippen molar-refractivity contribution >= 4 is 11.6 Å². The number of nitrogens with zero attached hydrogens (tertiary/aromatic N) is 2. The third kappa shape index (κ3) is 1.97. The van der Waals surface area contributed by atoms with Crippen LogP contribution in [0.5, 0.6) is 0 Å². The minimum Gasteiger partial charge on any atom is -0.478 e. The highest BCUT2D eigenvalue weighted by Crippen LogP contribution is 2.23. The standard InChI is InChI=1S/C15H12N2O2/c1-10-2-3-11(8-13(10)15(18)19)12-4-5-14-16-6-7-17(14)9-12/h2-9H,1H3,(H,18,19). The summed E-state index contributed by atoms with van der Waals surface area (Å²) >= 11 is 0. The number of carboxylic acids is 1. The van der Waals surface area contributed by atoms with E-state index in [9.17, 15) is 4.79 Å². The van der Waals surface area contributed by atoms with E-state index in [0.29, 0.717) is 5.56 Å². The van der Waals surface area contributed by atoms with E-state index in [1.54, 1.807) is 19.2 Å². The van der Waals surface area contributed by atoms with Crippen LogP contribution in [-0.4, -0.2) is 20.5 Å². The van der Waals surface area contributed by atoms with Crippen LogP contribution in [0.15, 0.2) is 48.9 Å². The van der Waals surface area contributed by atoms with Gasteiger partial charge in [-0.3, -0.25) is 0 Å². The van der Waals surface area contributed by atoms with Crippen LogP contribution < -0.4 is 0 Å². The van der Waals surface area contributed by atoms with E-state index < -0.39 is 5.97 Å². The van der Waals surface area contributed by atoms with Gasteiger partial charge in [0.1, 0.15) is 5.65 Å². The molecule has 1 N–H and O–H groups in total. The normalized spacial score (nSPS) is 10.8. The lowest BCUT2D eigenvalue weighted by molar-refractivity contribution is 0.0696. The second kappa shape index (κ2) is 4.24. The predicted octanol–water partition coefficient (Wildman–Crippen LogP) is 3.01. The molecule has 0 aliphatic rings. The molecule has 94 valence electrons. The Labute approximate surface area is 110 Å². The number of fused-ring (bicyclic) bond motifs is 1. The van der Waals surface area contributed by atoms with Crippen molar-refractivity contribution in [3.8, 4) is 11.1 Å². The van der Waals surface area contributed by atoms with Crippen LogP contribution in [0.3, 0.4) is 0 Å². The quantitative estimate of drug-likeness (QED) is 0.762. The highest BCUT2D eigenvalue weighted by molar-refractivity contribution is 5.91. The van der Waals surface area contributed by atoms with Gasteiger partial charge in [0, 0.05) is 18.6 Å². The summed E-state index contributed by atoms with van der Waals surface area (Å²) in [6, 6.07) is 9.32. The summed E-state index contributed by atoms with van der Waals surface area (Å²) in [5.74, 6) is -0.900. The van der Waals surface area contributed by atoms with E-state index in [4.69, 9.17) is 5.11 Å². The molecule has 0 saturated heterocycles. The Morgan fingerprint density at radius 1 is 1.21 bits per heavy atom. The Balaban J connectivity index is 2.15. The molecule has 0 saturated carbocycles. The lowest BCUT2D eigenvalue weighted by Crippen LogP contribution is -1.99. The fraction of sp³-hybridized carbons (Fsp3) is 0.0667. The Hall–Kier alpha value is -2.62. The van der Waals surface area contributed by atoms with Crippen molar-refractivity contribution < 1.29 is 9.90 Å². The van der Waals surface area contributed by atoms with Gasteiger partial charge in [-0.2, -0.15) is 0 Å². The summed E-state index contributed by atoms with van der Waals surface area (Å²) in [4.78, 5) is 15.3. The maximum Gasteiger partial charge on any atom is 0.335 e. The molecule has 4 nitrogen and oxygen atoms in total. The summed E-state index contributed by atoms with van der Waals surface area (Å²) in [6.45, 7) is 1.80. The lowest BCUT2D eigenvalue weighted by atomic mass is 10.0. The van der Waals surface area contributed by atoms with Gasteiger partial charge in [-0.05, 0) is 41.8 Å². The van der Waals surface area contributed by atoms with Crippen LogP contribution in [0.2, 0.25) is 0 Å². The molecular formula is C15H12N2O2. The Morgan fingerprint density at radius 2 is 2.00 bits per heavy atom. The largest absolute Gasteiger partial charge is 0.478 e. The zero-order valence-electron chi connectivity index (χ0n) is 10.4. The van der Waals surface area contributed by atoms with Crippen molar-refractivity contribution in [1.29, 1.82) is 0 Å². The van der Waals surface area contributed by atoms with E-state index in [0.717, 1.165) is 22.3 Å². The van der Waals surface area contributed by atoms with Gasteiger partial charge in [-0.1, -0.05) is 12.1 Å². The van der Waals surface area contributed by atoms with Crippen LogP contribution in [-0.2, 0) is 0 Å². The number of imidazole rings is 1. The number of aromatic carboxylic acids is 1. The molecule has 0 spiro atoms. The number of aryl methyl sites for hydroxylation is 1. The van der Waals surface area contributed by atoms with Crippen LogP contribution in [0.1, 0.15) is 15.9 Å². The van der Waals surface area contributed by atoms with Gasteiger partial charge in [-0.15, -0.1) is 0 Å². The van der Waals surface area contributed by atoms with Gasteiger partial charge in [0.25, 0.3) is 0 Å². The molecule has 0 atom stereocenters. The number of hydrogen-bond donors (Lipinski definition) is 1. The second-order valence-electron chi connectivity index (χ2n) is 4.45. The molecule has 0 amide bonds. The third-order valence-electron chi connectivity index (χ3n) is 3.19.